The molecule has 0 aliphatic carbocycles. The monoisotopic (exact) mass is 402 g/mol. The molecule has 0 saturated carbocycles. The normalized spacial score (nSPS) is 14.8. The summed E-state index contributed by atoms with van der Waals surface area (Å²) in [5, 5.41) is 14.2. The van der Waals surface area contributed by atoms with Gasteiger partial charge in [0.25, 0.3) is 5.69 Å². The molecule has 2 aromatic rings. The Balaban J connectivity index is 1.55. The van der Waals surface area contributed by atoms with E-state index < -0.39 is 4.92 Å². The Kier molecular flexibility index (Phi) is 6.16. The van der Waals surface area contributed by atoms with Crippen LogP contribution in [0.2, 0.25) is 5.02 Å². The molecule has 1 amide bonds. The molecular formula is C20H23ClN4O3. The largest absolute Gasteiger partial charge is 0.368 e. The molecule has 0 atom stereocenters. The number of non-ortho nitro benzene ring substituents is 1. The first-order valence-corrected chi connectivity index (χ1v) is 9.50. The van der Waals surface area contributed by atoms with E-state index in [-0.39, 0.29) is 11.6 Å². The second-order valence-corrected chi connectivity index (χ2v) is 7.36. The molecule has 0 radical (unpaired) electrons. The van der Waals surface area contributed by atoms with E-state index in [1.54, 1.807) is 6.07 Å². The molecule has 8 heteroatoms. The molecule has 1 fully saturated rings. The van der Waals surface area contributed by atoms with Gasteiger partial charge >= 0.3 is 0 Å². The van der Waals surface area contributed by atoms with Crippen LogP contribution in [0.25, 0.3) is 0 Å². The van der Waals surface area contributed by atoms with Crippen LogP contribution in [0.1, 0.15) is 11.1 Å². The molecular weight excluding hydrogens is 380 g/mol. The number of aryl methyl sites for hydroxylation is 1. The first kappa shape index (κ1) is 20.1. The van der Waals surface area contributed by atoms with Crippen molar-refractivity contribution in [1.29, 1.82) is 0 Å². The summed E-state index contributed by atoms with van der Waals surface area (Å²) in [6, 6.07) is 10.4. The van der Waals surface area contributed by atoms with Gasteiger partial charge in [0, 0.05) is 44.0 Å². The van der Waals surface area contributed by atoms with Crippen molar-refractivity contribution in [3.63, 3.8) is 0 Å². The van der Waals surface area contributed by atoms with E-state index in [0.29, 0.717) is 37.7 Å². The van der Waals surface area contributed by atoms with E-state index in [2.05, 4.69) is 15.1 Å². The van der Waals surface area contributed by atoms with Gasteiger partial charge in [0.2, 0.25) is 5.91 Å². The summed E-state index contributed by atoms with van der Waals surface area (Å²) in [7, 11) is 0. The van der Waals surface area contributed by atoms with Gasteiger partial charge in [-0.1, -0.05) is 23.7 Å². The lowest BCUT2D eigenvalue weighted by Gasteiger charge is -2.36. The number of nitrogens with zero attached hydrogens (tertiary/aromatic N) is 3. The standard InChI is InChI=1S/C20H23ClN4O3/c1-14-4-3-5-18(15(14)2)22-20(26)13-23-8-10-24(11-9-23)19-7-6-16(25(27)28)12-17(19)21/h3-7,12H,8-11,13H2,1-2H3,(H,22,26). The van der Waals surface area contributed by atoms with Crippen molar-refractivity contribution in [2.24, 2.45) is 0 Å². The predicted molar refractivity (Wildman–Crippen MR) is 111 cm³/mol. The van der Waals surface area contributed by atoms with Crippen LogP contribution in [0.15, 0.2) is 36.4 Å². The van der Waals surface area contributed by atoms with Crippen LogP contribution in [0.4, 0.5) is 17.1 Å². The van der Waals surface area contributed by atoms with Crippen LogP contribution in [0.5, 0.6) is 0 Å². The minimum absolute atomic E-state index is 0.0181. The van der Waals surface area contributed by atoms with E-state index in [4.69, 9.17) is 11.6 Å². The van der Waals surface area contributed by atoms with Gasteiger partial charge < -0.3 is 10.2 Å². The average molecular weight is 403 g/mol. The van der Waals surface area contributed by atoms with Crippen molar-refractivity contribution in [3.05, 3.63) is 62.7 Å². The number of nitro benzene ring substituents is 1. The molecule has 7 nitrogen and oxygen atoms in total. The number of nitrogens with one attached hydrogen (secondary N) is 1. The van der Waals surface area contributed by atoms with Crippen molar-refractivity contribution in [2.75, 3.05) is 42.9 Å². The zero-order valence-electron chi connectivity index (χ0n) is 15.9. The molecule has 1 aliphatic rings. The van der Waals surface area contributed by atoms with Crippen LogP contribution in [0, 0.1) is 24.0 Å². The summed E-state index contributed by atoms with van der Waals surface area (Å²) in [5.41, 5.74) is 3.84. The Hall–Kier alpha value is -2.64. The molecule has 1 N–H and O–H groups in total. The number of hydrogen-bond acceptors (Lipinski definition) is 5. The summed E-state index contributed by atoms with van der Waals surface area (Å²) in [6.45, 7) is 7.18. The molecule has 0 aromatic heterocycles. The molecule has 1 heterocycles. The summed E-state index contributed by atoms with van der Waals surface area (Å²) in [6.07, 6.45) is 0. The van der Waals surface area contributed by atoms with Crippen molar-refractivity contribution in [2.45, 2.75) is 13.8 Å². The quantitative estimate of drug-likeness (QED) is 0.610. The van der Waals surface area contributed by atoms with E-state index in [1.165, 1.54) is 12.1 Å². The number of hydrogen-bond donors (Lipinski definition) is 1. The maximum Gasteiger partial charge on any atom is 0.271 e. The van der Waals surface area contributed by atoms with Crippen LogP contribution >= 0.6 is 11.6 Å². The fraction of sp³-hybridized carbons (Fsp3) is 0.350. The highest BCUT2D eigenvalue weighted by Gasteiger charge is 2.22. The first-order valence-electron chi connectivity index (χ1n) is 9.12. The SMILES string of the molecule is Cc1cccc(NC(=O)CN2CCN(c3ccc([N+](=O)[O-])cc3Cl)CC2)c1C. The Morgan fingerprint density at radius 3 is 2.54 bits per heavy atom. The van der Waals surface area contributed by atoms with Gasteiger partial charge in [-0.3, -0.25) is 19.8 Å². The van der Waals surface area contributed by atoms with Gasteiger partial charge in [0.05, 0.1) is 22.2 Å². The van der Waals surface area contributed by atoms with Crippen LogP contribution in [-0.4, -0.2) is 48.5 Å². The Morgan fingerprint density at radius 2 is 1.89 bits per heavy atom. The fourth-order valence-corrected chi connectivity index (χ4v) is 3.59. The topological polar surface area (TPSA) is 78.7 Å². The maximum absolute atomic E-state index is 12.4. The number of piperazine rings is 1. The first-order chi connectivity index (χ1) is 13.3. The van der Waals surface area contributed by atoms with Gasteiger partial charge in [-0.2, -0.15) is 0 Å². The number of benzene rings is 2. The highest BCUT2D eigenvalue weighted by atomic mass is 35.5. The zero-order valence-corrected chi connectivity index (χ0v) is 16.7. The highest BCUT2D eigenvalue weighted by molar-refractivity contribution is 6.33. The van der Waals surface area contributed by atoms with E-state index in [0.717, 1.165) is 22.5 Å². The Labute approximate surface area is 169 Å². The number of halogens is 1. The molecule has 2 aromatic carbocycles. The lowest BCUT2D eigenvalue weighted by molar-refractivity contribution is -0.384. The van der Waals surface area contributed by atoms with Crippen LogP contribution in [0.3, 0.4) is 0 Å². The van der Waals surface area contributed by atoms with Crippen LogP contribution < -0.4 is 10.2 Å². The molecule has 0 spiro atoms. The molecule has 3 rings (SSSR count). The number of carbonyl (C=O) groups excluding carboxylic acids is 1. The summed E-state index contributed by atoms with van der Waals surface area (Å²) < 4.78 is 0. The van der Waals surface area contributed by atoms with Gasteiger partial charge in [0.1, 0.15) is 0 Å². The molecule has 148 valence electrons. The van der Waals surface area contributed by atoms with Gasteiger partial charge in [-0.05, 0) is 37.1 Å². The summed E-state index contributed by atoms with van der Waals surface area (Å²) in [5.74, 6) is -0.0319. The van der Waals surface area contributed by atoms with Crippen LogP contribution in [-0.2, 0) is 4.79 Å². The number of rotatable bonds is 5. The molecule has 1 aliphatic heterocycles. The Bertz CT molecular complexity index is 895. The number of amides is 1. The average Bonchev–Trinajstić information content (AvgIpc) is 2.66. The molecule has 0 unspecified atom stereocenters. The lowest BCUT2D eigenvalue weighted by atomic mass is 10.1. The molecule has 1 saturated heterocycles. The smallest absolute Gasteiger partial charge is 0.271 e. The Morgan fingerprint density at radius 1 is 1.18 bits per heavy atom. The second kappa shape index (κ2) is 8.58. The lowest BCUT2D eigenvalue weighted by Crippen LogP contribution is -2.48. The summed E-state index contributed by atoms with van der Waals surface area (Å²) >= 11 is 6.22. The second-order valence-electron chi connectivity index (χ2n) is 6.95. The van der Waals surface area contributed by atoms with E-state index >= 15 is 0 Å². The number of anilines is 2. The van der Waals surface area contributed by atoms with Gasteiger partial charge in [0.15, 0.2) is 0 Å². The minimum Gasteiger partial charge on any atom is -0.368 e. The van der Waals surface area contributed by atoms with Gasteiger partial charge in [-0.25, -0.2) is 0 Å². The van der Waals surface area contributed by atoms with Gasteiger partial charge in [-0.15, -0.1) is 0 Å². The number of carbonyl (C=O) groups is 1. The summed E-state index contributed by atoms with van der Waals surface area (Å²) in [4.78, 5) is 27.0. The molecule has 0 bridgehead atoms. The third-order valence-electron chi connectivity index (χ3n) is 5.10. The fourth-order valence-electron chi connectivity index (χ4n) is 3.29. The minimum atomic E-state index is -0.456. The van der Waals surface area contributed by atoms with E-state index in [9.17, 15) is 14.9 Å². The zero-order chi connectivity index (χ0) is 20.3. The molecule has 28 heavy (non-hydrogen) atoms. The third-order valence-corrected chi connectivity index (χ3v) is 5.40. The third kappa shape index (κ3) is 4.61. The number of nitro groups is 1. The highest BCUT2D eigenvalue weighted by Crippen LogP contribution is 2.30. The van der Waals surface area contributed by atoms with Crippen molar-refractivity contribution in [1.82, 2.24) is 4.90 Å². The van der Waals surface area contributed by atoms with Crippen molar-refractivity contribution >= 4 is 34.6 Å². The predicted octanol–water partition coefficient (Wildman–Crippen LogP) is 3.63. The van der Waals surface area contributed by atoms with E-state index in [1.807, 2.05) is 32.0 Å². The van der Waals surface area contributed by atoms with Crippen molar-refractivity contribution in [3.8, 4) is 0 Å². The van der Waals surface area contributed by atoms with Crippen molar-refractivity contribution < 1.29 is 9.72 Å². The maximum atomic E-state index is 12.4.